The zero-order valence-electron chi connectivity index (χ0n) is 16.4. The molecule has 0 aliphatic rings. The summed E-state index contributed by atoms with van der Waals surface area (Å²) in [5.74, 6) is 0. The van der Waals surface area contributed by atoms with Crippen LogP contribution in [-0.2, 0) is 6.54 Å². The number of aliphatic hydroxyl groups is 1. The van der Waals surface area contributed by atoms with Gasteiger partial charge in [0.1, 0.15) is 0 Å². The van der Waals surface area contributed by atoms with Crippen LogP contribution in [0, 0.1) is 0 Å². The fourth-order valence-electron chi connectivity index (χ4n) is 2.91. The van der Waals surface area contributed by atoms with Gasteiger partial charge in [0.15, 0.2) is 0 Å². The molecule has 0 aliphatic carbocycles. The Morgan fingerprint density at radius 3 is 1.50 bits per heavy atom. The highest BCUT2D eigenvalue weighted by Crippen LogP contribution is 2.13. The van der Waals surface area contributed by atoms with Gasteiger partial charge in [-0.2, -0.15) is 0 Å². The van der Waals surface area contributed by atoms with Crippen LogP contribution in [0.3, 0.4) is 0 Å². The van der Waals surface area contributed by atoms with Gasteiger partial charge in [-0.25, -0.2) is 4.98 Å². The highest BCUT2D eigenvalue weighted by molar-refractivity contribution is 4.73. The molecule has 0 amide bonds. The average Bonchev–Trinajstić information content (AvgIpc) is 3.09. The van der Waals surface area contributed by atoms with Gasteiger partial charge in [0, 0.05) is 25.5 Å². The van der Waals surface area contributed by atoms with Gasteiger partial charge in [-0.05, 0) is 13.3 Å². The SMILES string of the molecule is CCCCCCCCCCCCCCCCn1ccnc1.CCO. The second-order valence-electron chi connectivity index (χ2n) is 6.71. The molecule has 1 N–H and O–H groups in total. The largest absolute Gasteiger partial charge is 0.397 e. The summed E-state index contributed by atoms with van der Waals surface area (Å²) in [5.41, 5.74) is 0. The molecule has 0 spiro atoms. The van der Waals surface area contributed by atoms with Crippen molar-refractivity contribution in [2.75, 3.05) is 6.61 Å². The number of aryl methyl sites for hydroxylation is 1. The fraction of sp³-hybridized carbons (Fsp3) is 0.857. The van der Waals surface area contributed by atoms with Crippen molar-refractivity contribution in [2.45, 2.75) is 110 Å². The van der Waals surface area contributed by atoms with E-state index in [1.165, 1.54) is 89.9 Å². The van der Waals surface area contributed by atoms with Crippen molar-refractivity contribution >= 4 is 0 Å². The predicted octanol–water partition coefficient (Wildman–Crippen LogP) is 6.36. The molecule has 0 aliphatic heterocycles. The van der Waals surface area contributed by atoms with E-state index in [2.05, 4.69) is 22.7 Å². The van der Waals surface area contributed by atoms with Crippen LogP contribution in [0.25, 0.3) is 0 Å². The fourth-order valence-corrected chi connectivity index (χ4v) is 2.91. The molecule has 0 atom stereocenters. The van der Waals surface area contributed by atoms with Gasteiger partial charge in [-0.1, -0.05) is 90.4 Å². The van der Waals surface area contributed by atoms with Gasteiger partial charge >= 0.3 is 0 Å². The lowest BCUT2D eigenvalue weighted by Gasteiger charge is -2.04. The monoisotopic (exact) mass is 338 g/mol. The standard InChI is InChI=1S/C19H36N2.C2H6O/c1-2-3-4-5-6-7-8-9-10-11-12-13-14-15-17-21-18-16-20-19-21;1-2-3/h16,18-19H,2-15,17H2,1H3;3H,2H2,1H3. The molecule has 24 heavy (non-hydrogen) atoms. The van der Waals surface area contributed by atoms with Crippen LogP contribution in [0.15, 0.2) is 18.7 Å². The van der Waals surface area contributed by atoms with E-state index in [9.17, 15) is 0 Å². The Labute approximate surface area is 150 Å². The van der Waals surface area contributed by atoms with Crippen LogP contribution in [0.5, 0.6) is 0 Å². The molecule has 0 fully saturated rings. The first kappa shape index (κ1) is 23.2. The first-order chi connectivity index (χ1) is 11.8. The van der Waals surface area contributed by atoms with Crippen molar-refractivity contribution < 1.29 is 5.11 Å². The maximum absolute atomic E-state index is 7.57. The van der Waals surface area contributed by atoms with Crippen molar-refractivity contribution in [1.29, 1.82) is 0 Å². The number of aromatic nitrogens is 2. The number of rotatable bonds is 15. The number of unbranched alkanes of at least 4 members (excludes halogenated alkanes) is 13. The highest BCUT2D eigenvalue weighted by Gasteiger charge is 1.94. The van der Waals surface area contributed by atoms with Crippen LogP contribution < -0.4 is 0 Å². The van der Waals surface area contributed by atoms with E-state index < -0.39 is 0 Å². The van der Waals surface area contributed by atoms with Gasteiger partial charge in [-0.3, -0.25) is 0 Å². The van der Waals surface area contributed by atoms with E-state index >= 15 is 0 Å². The second kappa shape index (κ2) is 20.2. The summed E-state index contributed by atoms with van der Waals surface area (Å²) in [4.78, 5) is 4.07. The van der Waals surface area contributed by atoms with Gasteiger partial charge in [-0.15, -0.1) is 0 Å². The topological polar surface area (TPSA) is 38.0 Å². The summed E-state index contributed by atoms with van der Waals surface area (Å²) < 4.78 is 2.18. The first-order valence-electron chi connectivity index (χ1n) is 10.4. The van der Waals surface area contributed by atoms with E-state index in [1.54, 1.807) is 6.92 Å². The summed E-state index contributed by atoms with van der Waals surface area (Å²) in [5, 5.41) is 7.57. The Hall–Kier alpha value is -0.830. The van der Waals surface area contributed by atoms with Crippen LogP contribution in [-0.4, -0.2) is 21.3 Å². The van der Waals surface area contributed by atoms with Crippen molar-refractivity contribution in [3.05, 3.63) is 18.7 Å². The minimum Gasteiger partial charge on any atom is -0.397 e. The Balaban J connectivity index is 0.00000163. The van der Waals surface area contributed by atoms with E-state index in [4.69, 9.17) is 5.11 Å². The molecule has 0 bridgehead atoms. The summed E-state index contributed by atoms with van der Waals surface area (Å²) in [6.07, 6.45) is 25.8. The lowest BCUT2D eigenvalue weighted by atomic mass is 10.0. The summed E-state index contributed by atoms with van der Waals surface area (Å²) in [6.45, 7) is 5.36. The van der Waals surface area contributed by atoms with Crippen molar-refractivity contribution in [1.82, 2.24) is 9.55 Å². The third kappa shape index (κ3) is 17.5. The molecule has 1 aromatic rings. The van der Waals surface area contributed by atoms with Gasteiger partial charge in [0.25, 0.3) is 0 Å². The lowest BCUT2D eigenvalue weighted by Crippen LogP contribution is -1.93. The van der Waals surface area contributed by atoms with Crippen LogP contribution >= 0.6 is 0 Å². The molecular weight excluding hydrogens is 296 g/mol. The number of hydrogen-bond acceptors (Lipinski definition) is 2. The lowest BCUT2D eigenvalue weighted by molar-refractivity contribution is 0.318. The van der Waals surface area contributed by atoms with Gasteiger partial charge in [0.2, 0.25) is 0 Å². The Bertz CT molecular complexity index is 312. The third-order valence-corrected chi connectivity index (χ3v) is 4.33. The zero-order chi connectivity index (χ0) is 17.7. The summed E-state index contributed by atoms with van der Waals surface area (Å²) >= 11 is 0. The van der Waals surface area contributed by atoms with Crippen LogP contribution in [0.1, 0.15) is 104 Å². The molecule has 0 radical (unpaired) electrons. The van der Waals surface area contributed by atoms with Gasteiger partial charge < -0.3 is 9.67 Å². The second-order valence-corrected chi connectivity index (χ2v) is 6.71. The number of hydrogen-bond donors (Lipinski definition) is 1. The minimum absolute atomic E-state index is 0.250. The summed E-state index contributed by atoms with van der Waals surface area (Å²) in [6, 6.07) is 0. The molecule has 0 aromatic carbocycles. The van der Waals surface area contributed by atoms with E-state index in [0.717, 1.165) is 6.54 Å². The molecule has 0 saturated heterocycles. The molecule has 3 heteroatoms. The quantitative estimate of drug-likeness (QED) is 0.378. The Kier molecular flexibility index (Phi) is 19.5. The maximum Gasteiger partial charge on any atom is 0.0945 e. The van der Waals surface area contributed by atoms with E-state index in [1.807, 2.05) is 12.5 Å². The smallest absolute Gasteiger partial charge is 0.0945 e. The first-order valence-corrected chi connectivity index (χ1v) is 10.4. The van der Waals surface area contributed by atoms with Crippen LogP contribution in [0.2, 0.25) is 0 Å². The highest BCUT2D eigenvalue weighted by atomic mass is 16.2. The third-order valence-electron chi connectivity index (χ3n) is 4.33. The predicted molar refractivity (Wildman–Crippen MR) is 105 cm³/mol. The molecular formula is C21H42N2O. The average molecular weight is 339 g/mol. The summed E-state index contributed by atoms with van der Waals surface area (Å²) in [7, 11) is 0. The van der Waals surface area contributed by atoms with Crippen LogP contribution in [0.4, 0.5) is 0 Å². The zero-order valence-corrected chi connectivity index (χ0v) is 16.4. The van der Waals surface area contributed by atoms with Crippen molar-refractivity contribution in [3.63, 3.8) is 0 Å². The molecule has 1 rings (SSSR count). The van der Waals surface area contributed by atoms with E-state index in [-0.39, 0.29) is 6.61 Å². The number of aliphatic hydroxyl groups excluding tert-OH is 1. The molecule has 1 aromatic heterocycles. The molecule has 3 nitrogen and oxygen atoms in total. The molecule has 1 heterocycles. The minimum atomic E-state index is 0.250. The normalized spacial score (nSPS) is 10.5. The van der Waals surface area contributed by atoms with Gasteiger partial charge in [0.05, 0.1) is 6.33 Å². The Morgan fingerprint density at radius 1 is 0.708 bits per heavy atom. The van der Waals surface area contributed by atoms with Crippen molar-refractivity contribution in [2.24, 2.45) is 0 Å². The molecule has 0 unspecified atom stereocenters. The van der Waals surface area contributed by atoms with Crippen molar-refractivity contribution in [3.8, 4) is 0 Å². The maximum atomic E-state index is 7.57. The van der Waals surface area contributed by atoms with E-state index in [0.29, 0.717) is 0 Å². The molecule has 142 valence electrons. The molecule has 0 saturated carbocycles. The number of nitrogens with zero attached hydrogens (tertiary/aromatic N) is 2. The Morgan fingerprint density at radius 2 is 1.12 bits per heavy atom. The number of imidazole rings is 1.